The van der Waals surface area contributed by atoms with Crippen molar-refractivity contribution >= 4 is 16.9 Å². The summed E-state index contributed by atoms with van der Waals surface area (Å²) in [6, 6.07) is 9.89. The number of thioether (sulfide) groups is 1. The van der Waals surface area contributed by atoms with Crippen LogP contribution in [0, 0.1) is 5.92 Å². The van der Waals surface area contributed by atoms with Crippen LogP contribution in [-0.4, -0.2) is 18.2 Å². The molecular formula is C12H15NOS. The Hall–Kier alpha value is -0.800. The molecule has 1 aromatic carbocycles. The zero-order chi connectivity index (χ0) is 10.5. The average molecular weight is 221 g/mol. The summed E-state index contributed by atoms with van der Waals surface area (Å²) in [6.07, 6.45) is 1.97. The molecule has 1 aliphatic rings. The van der Waals surface area contributed by atoms with Gasteiger partial charge >= 0.3 is 0 Å². The molecule has 0 radical (unpaired) electrons. The minimum absolute atomic E-state index is 0.247. The zero-order valence-electron chi connectivity index (χ0n) is 8.61. The number of carbonyl (C=O) groups is 1. The molecule has 3 heteroatoms. The van der Waals surface area contributed by atoms with Crippen molar-refractivity contribution in [3.8, 4) is 0 Å². The Morgan fingerprint density at radius 1 is 1.20 bits per heavy atom. The van der Waals surface area contributed by atoms with E-state index in [0.717, 1.165) is 30.8 Å². The fourth-order valence-electron chi connectivity index (χ4n) is 1.75. The Morgan fingerprint density at radius 3 is 2.53 bits per heavy atom. The maximum atomic E-state index is 11.9. The average Bonchev–Trinajstić information content (AvgIpc) is 2.31. The summed E-state index contributed by atoms with van der Waals surface area (Å²) in [5.74, 6) is 0.247. The monoisotopic (exact) mass is 221 g/mol. The predicted molar refractivity (Wildman–Crippen MR) is 62.9 cm³/mol. The molecule has 2 nitrogen and oxygen atoms in total. The Morgan fingerprint density at radius 2 is 1.87 bits per heavy atom. The fourth-order valence-corrected chi connectivity index (χ4v) is 2.67. The maximum Gasteiger partial charge on any atom is 0.196 e. The van der Waals surface area contributed by atoms with Crippen LogP contribution >= 0.6 is 11.8 Å². The van der Waals surface area contributed by atoms with Crippen LogP contribution in [0.5, 0.6) is 0 Å². The maximum absolute atomic E-state index is 11.9. The highest BCUT2D eigenvalue weighted by Gasteiger charge is 2.21. The molecule has 1 aromatic rings. The molecule has 0 unspecified atom stereocenters. The first-order valence-corrected chi connectivity index (χ1v) is 6.15. The third-order valence-corrected chi connectivity index (χ3v) is 3.68. The van der Waals surface area contributed by atoms with Gasteiger partial charge in [-0.15, -0.1) is 0 Å². The predicted octanol–water partition coefficient (Wildman–Crippen LogP) is 2.30. The number of benzene rings is 1. The summed E-state index contributed by atoms with van der Waals surface area (Å²) >= 11 is 1.38. The van der Waals surface area contributed by atoms with E-state index in [1.165, 1.54) is 11.8 Å². The lowest BCUT2D eigenvalue weighted by atomic mass is 10.0. The zero-order valence-corrected chi connectivity index (χ0v) is 9.43. The van der Waals surface area contributed by atoms with Gasteiger partial charge in [-0.25, -0.2) is 0 Å². The van der Waals surface area contributed by atoms with Gasteiger partial charge in [0.1, 0.15) is 0 Å². The van der Waals surface area contributed by atoms with Crippen molar-refractivity contribution < 1.29 is 4.79 Å². The molecule has 15 heavy (non-hydrogen) atoms. The molecule has 80 valence electrons. The van der Waals surface area contributed by atoms with Gasteiger partial charge in [-0.1, -0.05) is 30.0 Å². The van der Waals surface area contributed by atoms with Gasteiger partial charge in [-0.2, -0.15) is 0 Å². The Kier molecular flexibility index (Phi) is 3.80. The third-order valence-electron chi connectivity index (χ3n) is 2.63. The lowest BCUT2D eigenvalue weighted by molar-refractivity contribution is -0.115. The van der Waals surface area contributed by atoms with Gasteiger partial charge in [-0.3, -0.25) is 4.79 Å². The van der Waals surface area contributed by atoms with Crippen molar-refractivity contribution in [2.24, 2.45) is 5.92 Å². The van der Waals surface area contributed by atoms with E-state index in [4.69, 9.17) is 0 Å². The number of hydrogen-bond donors (Lipinski definition) is 1. The van der Waals surface area contributed by atoms with E-state index in [-0.39, 0.29) is 5.92 Å². The van der Waals surface area contributed by atoms with Gasteiger partial charge in [0.2, 0.25) is 0 Å². The van der Waals surface area contributed by atoms with E-state index in [1.807, 2.05) is 30.3 Å². The summed E-state index contributed by atoms with van der Waals surface area (Å²) < 4.78 is 0. The Labute approximate surface area is 94.4 Å². The third kappa shape index (κ3) is 3.08. The van der Waals surface area contributed by atoms with Crippen LogP contribution in [0.1, 0.15) is 12.8 Å². The molecule has 1 N–H and O–H groups in total. The smallest absolute Gasteiger partial charge is 0.196 e. The number of rotatable bonds is 2. The standard InChI is InChI=1S/C12H15NOS/c14-12(10-6-8-13-9-7-10)15-11-4-2-1-3-5-11/h1-5,10,13H,6-9H2. The van der Waals surface area contributed by atoms with E-state index in [9.17, 15) is 4.79 Å². The minimum Gasteiger partial charge on any atom is -0.317 e. The van der Waals surface area contributed by atoms with Gasteiger partial charge in [-0.05, 0) is 38.1 Å². The second-order valence-corrected chi connectivity index (χ2v) is 4.84. The Balaban J connectivity index is 1.91. The molecule has 0 saturated carbocycles. The largest absolute Gasteiger partial charge is 0.317 e. The molecule has 0 bridgehead atoms. The molecule has 0 amide bonds. The first kappa shape index (κ1) is 10.7. The topological polar surface area (TPSA) is 29.1 Å². The molecule has 1 heterocycles. The van der Waals surface area contributed by atoms with Gasteiger partial charge in [0, 0.05) is 10.8 Å². The number of piperidine rings is 1. The van der Waals surface area contributed by atoms with Crippen LogP contribution in [0.2, 0.25) is 0 Å². The van der Waals surface area contributed by atoms with Gasteiger partial charge < -0.3 is 5.32 Å². The molecule has 2 rings (SSSR count). The van der Waals surface area contributed by atoms with Crippen molar-refractivity contribution in [1.29, 1.82) is 0 Å². The summed E-state index contributed by atoms with van der Waals surface area (Å²) in [6.45, 7) is 1.96. The van der Waals surface area contributed by atoms with Crippen LogP contribution in [0.4, 0.5) is 0 Å². The van der Waals surface area contributed by atoms with Crippen LogP contribution in [0.25, 0.3) is 0 Å². The van der Waals surface area contributed by atoms with Crippen molar-refractivity contribution in [3.05, 3.63) is 30.3 Å². The Bertz CT molecular complexity index is 320. The van der Waals surface area contributed by atoms with Crippen molar-refractivity contribution in [3.63, 3.8) is 0 Å². The molecule has 0 aliphatic carbocycles. The molecule has 0 aromatic heterocycles. The first-order chi connectivity index (χ1) is 7.36. The lowest BCUT2D eigenvalue weighted by Crippen LogP contribution is -2.30. The van der Waals surface area contributed by atoms with Crippen LogP contribution in [0.3, 0.4) is 0 Å². The number of nitrogens with one attached hydrogen (secondary N) is 1. The SMILES string of the molecule is O=C(Sc1ccccc1)C1CCNCC1. The fraction of sp³-hybridized carbons (Fsp3) is 0.417. The van der Waals surface area contributed by atoms with Crippen molar-refractivity contribution in [1.82, 2.24) is 5.32 Å². The van der Waals surface area contributed by atoms with Crippen molar-refractivity contribution in [2.45, 2.75) is 17.7 Å². The molecule has 1 aliphatic heterocycles. The lowest BCUT2D eigenvalue weighted by Gasteiger charge is -2.20. The van der Waals surface area contributed by atoms with Gasteiger partial charge in [0.15, 0.2) is 5.12 Å². The second-order valence-electron chi connectivity index (χ2n) is 3.76. The first-order valence-electron chi connectivity index (χ1n) is 5.34. The number of hydrogen-bond acceptors (Lipinski definition) is 3. The summed E-state index contributed by atoms with van der Waals surface area (Å²) in [4.78, 5) is 13.0. The van der Waals surface area contributed by atoms with Crippen LogP contribution in [0.15, 0.2) is 35.2 Å². The van der Waals surface area contributed by atoms with Crippen LogP contribution < -0.4 is 5.32 Å². The summed E-state index contributed by atoms with van der Waals surface area (Å²) in [5, 5.41) is 3.59. The summed E-state index contributed by atoms with van der Waals surface area (Å²) in [5.41, 5.74) is 0. The second kappa shape index (κ2) is 5.33. The molecule has 0 atom stereocenters. The van der Waals surface area contributed by atoms with E-state index in [0.29, 0.717) is 5.12 Å². The van der Waals surface area contributed by atoms with Gasteiger partial charge in [0.25, 0.3) is 0 Å². The quantitative estimate of drug-likeness (QED) is 0.777. The number of carbonyl (C=O) groups excluding carboxylic acids is 1. The molecule has 1 fully saturated rings. The molecule has 1 saturated heterocycles. The molecular weight excluding hydrogens is 206 g/mol. The normalized spacial score (nSPS) is 17.6. The highest BCUT2D eigenvalue weighted by molar-refractivity contribution is 8.13. The summed E-state index contributed by atoms with van der Waals surface area (Å²) in [7, 11) is 0. The highest BCUT2D eigenvalue weighted by Crippen LogP contribution is 2.26. The van der Waals surface area contributed by atoms with Crippen molar-refractivity contribution in [2.75, 3.05) is 13.1 Å². The van der Waals surface area contributed by atoms with E-state index < -0.39 is 0 Å². The van der Waals surface area contributed by atoms with E-state index in [2.05, 4.69) is 5.32 Å². The molecule has 0 spiro atoms. The highest BCUT2D eigenvalue weighted by atomic mass is 32.2. The minimum atomic E-state index is 0.247. The van der Waals surface area contributed by atoms with E-state index in [1.54, 1.807) is 0 Å². The van der Waals surface area contributed by atoms with Crippen LogP contribution in [-0.2, 0) is 4.79 Å². The van der Waals surface area contributed by atoms with Gasteiger partial charge in [0.05, 0.1) is 0 Å². The van der Waals surface area contributed by atoms with E-state index >= 15 is 0 Å².